The Hall–Kier alpha value is -1.28. The molecule has 0 unspecified atom stereocenters. The maximum absolute atomic E-state index is 5.77. The van der Waals surface area contributed by atoms with E-state index in [1.165, 1.54) is 24.6 Å². The average Bonchev–Trinajstić information content (AvgIpc) is 2.66. The van der Waals surface area contributed by atoms with Crippen molar-refractivity contribution in [1.29, 1.82) is 0 Å². The van der Waals surface area contributed by atoms with Gasteiger partial charge >= 0.3 is 0 Å². The number of hydrogen-bond donors (Lipinski definition) is 1. The predicted octanol–water partition coefficient (Wildman–Crippen LogP) is 3.47. The SMILES string of the molecule is CC1(NCc2cc3ccccc3o2)CCC1. The lowest BCUT2D eigenvalue weighted by Crippen LogP contribution is -2.47. The molecule has 0 atom stereocenters. The number of hydrogen-bond acceptors (Lipinski definition) is 2. The first-order chi connectivity index (χ1) is 7.75. The molecule has 1 saturated carbocycles. The standard InChI is InChI=1S/C14H17NO/c1-14(7-4-8-14)15-10-12-9-11-5-2-3-6-13(11)16-12/h2-3,5-6,9,15H,4,7-8,10H2,1H3. The molecule has 2 nitrogen and oxygen atoms in total. The summed E-state index contributed by atoms with van der Waals surface area (Å²) in [6.07, 6.45) is 3.92. The van der Waals surface area contributed by atoms with Crippen LogP contribution in [0.4, 0.5) is 0 Å². The summed E-state index contributed by atoms with van der Waals surface area (Å²) in [5.41, 5.74) is 1.33. The Balaban J connectivity index is 1.74. The first kappa shape index (κ1) is 9.91. The molecule has 0 aliphatic heterocycles. The molecular weight excluding hydrogens is 198 g/mol. The first-order valence-corrected chi connectivity index (χ1v) is 5.98. The van der Waals surface area contributed by atoms with Crippen molar-refractivity contribution in [3.05, 3.63) is 36.1 Å². The predicted molar refractivity (Wildman–Crippen MR) is 65.3 cm³/mol. The lowest BCUT2D eigenvalue weighted by Gasteiger charge is -2.39. The van der Waals surface area contributed by atoms with E-state index < -0.39 is 0 Å². The van der Waals surface area contributed by atoms with Gasteiger partial charge in [0, 0.05) is 10.9 Å². The molecule has 1 aromatic carbocycles. The van der Waals surface area contributed by atoms with Crippen molar-refractivity contribution in [1.82, 2.24) is 5.32 Å². The van der Waals surface area contributed by atoms with Gasteiger partial charge in [0.25, 0.3) is 0 Å². The van der Waals surface area contributed by atoms with Crippen LogP contribution in [-0.2, 0) is 6.54 Å². The van der Waals surface area contributed by atoms with E-state index in [2.05, 4.69) is 24.4 Å². The van der Waals surface area contributed by atoms with Gasteiger partial charge in [-0.25, -0.2) is 0 Å². The van der Waals surface area contributed by atoms with Crippen LogP contribution in [0.25, 0.3) is 11.0 Å². The molecule has 0 saturated heterocycles. The topological polar surface area (TPSA) is 25.2 Å². The third-order valence-corrected chi connectivity index (χ3v) is 3.62. The third-order valence-electron chi connectivity index (χ3n) is 3.62. The fourth-order valence-electron chi connectivity index (χ4n) is 2.31. The van der Waals surface area contributed by atoms with E-state index in [9.17, 15) is 0 Å². The quantitative estimate of drug-likeness (QED) is 0.848. The van der Waals surface area contributed by atoms with Gasteiger partial charge in [-0.15, -0.1) is 0 Å². The highest BCUT2D eigenvalue weighted by Gasteiger charge is 2.30. The smallest absolute Gasteiger partial charge is 0.134 e. The molecule has 1 aliphatic carbocycles. The van der Waals surface area contributed by atoms with Crippen LogP contribution in [0.5, 0.6) is 0 Å². The fourth-order valence-corrected chi connectivity index (χ4v) is 2.31. The molecule has 1 heterocycles. The third kappa shape index (κ3) is 1.74. The van der Waals surface area contributed by atoms with E-state index in [-0.39, 0.29) is 0 Å². The molecule has 0 spiro atoms. The maximum atomic E-state index is 5.77. The lowest BCUT2D eigenvalue weighted by molar-refractivity contribution is 0.202. The summed E-state index contributed by atoms with van der Waals surface area (Å²) in [4.78, 5) is 0. The molecule has 0 radical (unpaired) electrons. The van der Waals surface area contributed by atoms with Crippen LogP contribution in [0.2, 0.25) is 0 Å². The van der Waals surface area contributed by atoms with Gasteiger partial charge in [-0.3, -0.25) is 0 Å². The Morgan fingerprint density at radius 1 is 1.31 bits per heavy atom. The normalized spacial score (nSPS) is 18.6. The summed E-state index contributed by atoms with van der Waals surface area (Å²) >= 11 is 0. The molecule has 0 amide bonds. The van der Waals surface area contributed by atoms with E-state index in [0.29, 0.717) is 5.54 Å². The van der Waals surface area contributed by atoms with Gasteiger partial charge in [-0.2, -0.15) is 0 Å². The van der Waals surface area contributed by atoms with Gasteiger partial charge in [0.15, 0.2) is 0 Å². The monoisotopic (exact) mass is 215 g/mol. The molecule has 2 heteroatoms. The highest BCUT2D eigenvalue weighted by Crippen LogP contribution is 2.31. The molecule has 1 aliphatic rings. The summed E-state index contributed by atoms with van der Waals surface area (Å²) in [7, 11) is 0. The number of furan rings is 1. The largest absolute Gasteiger partial charge is 0.460 e. The van der Waals surface area contributed by atoms with E-state index in [4.69, 9.17) is 4.42 Å². The highest BCUT2D eigenvalue weighted by atomic mass is 16.3. The average molecular weight is 215 g/mol. The summed E-state index contributed by atoms with van der Waals surface area (Å²) in [6, 6.07) is 10.3. The van der Waals surface area contributed by atoms with Crippen LogP contribution in [0.3, 0.4) is 0 Å². The van der Waals surface area contributed by atoms with Crippen LogP contribution in [0.15, 0.2) is 34.7 Å². The minimum Gasteiger partial charge on any atom is -0.460 e. The number of nitrogens with one attached hydrogen (secondary N) is 1. The molecule has 84 valence electrons. The highest BCUT2D eigenvalue weighted by molar-refractivity contribution is 5.77. The Kier molecular flexibility index (Phi) is 2.25. The van der Waals surface area contributed by atoms with E-state index in [0.717, 1.165) is 17.9 Å². The van der Waals surface area contributed by atoms with Crippen LogP contribution in [0, 0.1) is 0 Å². The summed E-state index contributed by atoms with van der Waals surface area (Å²) in [6.45, 7) is 3.13. The minimum atomic E-state index is 0.346. The van der Waals surface area contributed by atoms with Gasteiger partial charge in [-0.05, 0) is 38.3 Å². The Morgan fingerprint density at radius 3 is 2.81 bits per heavy atom. The van der Waals surface area contributed by atoms with Crippen LogP contribution in [0.1, 0.15) is 31.9 Å². The molecule has 1 aromatic heterocycles. The zero-order chi connectivity index (χ0) is 11.0. The van der Waals surface area contributed by atoms with Crippen LogP contribution in [-0.4, -0.2) is 5.54 Å². The number of benzene rings is 1. The summed E-state index contributed by atoms with van der Waals surface area (Å²) in [5, 5.41) is 4.77. The molecule has 2 aromatic rings. The molecule has 0 bridgehead atoms. The Bertz CT molecular complexity index is 463. The van der Waals surface area contributed by atoms with Crippen LogP contribution < -0.4 is 5.32 Å². The molecule has 1 N–H and O–H groups in total. The second-order valence-electron chi connectivity index (χ2n) is 5.02. The zero-order valence-electron chi connectivity index (χ0n) is 9.62. The number of para-hydroxylation sites is 1. The molecular formula is C14H17NO. The minimum absolute atomic E-state index is 0.346. The number of rotatable bonds is 3. The second-order valence-corrected chi connectivity index (χ2v) is 5.02. The van der Waals surface area contributed by atoms with Crippen molar-refractivity contribution >= 4 is 11.0 Å². The molecule has 16 heavy (non-hydrogen) atoms. The maximum Gasteiger partial charge on any atom is 0.134 e. The van der Waals surface area contributed by atoms with Crippen molar-refractivity contribution in [2.45, 2.75) is 38.3 Å². The van der Waals surface area contributed by atoms with Gasteiger partial charge in [0.1, 0.15) is 11.3 Å². The Labute approximate surface area is 95.6 Å². The van der Waals surface area contributed by atoms with E-state index >= 15 is 0 Å². The molecule has 1 fully saturated rings. The van der Waals surface area contributed by atoms with Gasteiger partial charge in [0.05, 0.1) is 6.54 Å². The van der Waals surface area contributed by atoms with Crippen molar-refractivity contribution in [2.75, 3.05) is 0 Å². The van der Waals surface area contributed by atoms with Gasteiger partial charge in [-0.1, -0.05) is 18.2 Å². The van der Waals surface area contributed by atoms with Crippen molar-refractivity contribution in [2.24, 2.45) is 0 Å². The van der Waals surface area contributed by atoms with E-state index in [1.54, 1.807) is 0 Å². The van der Waals surface area contributed by atoms with Gasteiger partial charge < -0.3 is 9.73 Å². The van der Waals surface area contributed by atoms with E-state index in [1.807, 2.05) is 18.2 Å². The van der Waals surface area contributed by atoms with Crippen molar-refractivity contribution in [3.63, 3.8) is 0 Å². The lowest BCUT2D eigenvalue weighted by atomic mass is 9.78. The Morgan fingerprint density at radius 2 is 2.12 bits per heavy atom. The summed E-state index contributed by atoms with van der Waals surface area (Å²) < 4.78 is 5.77. The van der Waals surface area contributed by atoms with Crippen molar-refractivity contribution < 1.29 is 4.42 Å². The van der Waals surface area contributed by atoms with Crippen molar-refractivity contribution in [3.8, 4) is 0 Å². The summed E-state index contributed by atoms with van der Waals surface area (Å²) in [5.74, 6) is 1.04. The molecule has 3 rings (SSSR count). The number of fused-ring (bicyclic) bond motifs is 1. The zero-order valence-corrected chi connectivity index (χ0v) is 9.62. The van der Waals surface area contributed by atoms with Crippen LogP contribution >= 0.6 is 0 Å². The van der Waals surface area contributed by atoms with Gasteiger partial charge in [0.2, 0.25) is 0 Å². The first-order valence-electron chi connectivity index (χ1n) is 5.98. The second kappa shape index (κ2) is 3.63. The fraction of sp³-hybridized carbons (Fsp3) is 0.429.